The van der Waals surface area contributed by atoms with Gasteiger partial charge in [0, 0.05) is 10.9 Å². The number of hydrogen-bond acceptors (Lipinski definition) is 3. The second-order valence-corrected chi connectivity index (χ2v) is 2.72. The molecule has 13 heavy (non-hydrogen) atoms. The van der Waals surface area contributed by atoms with Crippen molar-refractivity contribution >= 4 is 11.0 Å². The maximum absolute atomic E-state index is 9.30. The van der Waals surface area contributed by atoms with Crippen LogP contribution in [0.1, 0.15) is 11.7 Å². The molecule has 0 saturated heterocycles. The van der Waals surface area contributed by atoms with E-state index in [9.17, 15) is 5.11 Å². The number of fused-ring (bicyclic) bond motifs is 1. The molecular formula is C10H7NO2. The highest BCUT2D eigenvalue weighted by Gasteiger charge is 2.12. The number of benzene rings is 1. The molecule has 0 saturated carbocycles. The van der Waals surface area contributed by atoms with Crippen LogP contribution in [0.3, 0.4) is 0 Å². The molecule has 3 heteroatoms. The van der Waals surface area contributed by atoms with Gasteiger partial charge in [-0.25, -0.2) is 0 Å². The average molecular weight is 173 g/mol. The molecule has 0 fully saturated rings. The number of aliphatic hydroxyl groups excluding tert-OH is 1. The molecule has 2 aromatic rings. The molecule has 3 nitrogen and oxygen atoms in total. The van der Waals surface area contributed by atoms with Crippen molar-refractivity contribution in [2.75, 3.05) is 0 Å². The van der Waals surface area contributed by atoms with Gasteiger partial charge in [-0.15, -0.1) is 0 Å². The summed E-state index contributed by atoms with van der Waals surface area (Å²) >= 11 is 0. The van der Waals surface area contributed by atoms with Crippen LogP contribution in [0.2, 0.25) is 0 Å². The third kappa shape index (κ3) is 1.17. The summed E-state index contributed by atoms with van der Waals surface area (Å²) in [6.07, 6.45) is 0.307. The summed E-state index contributed by atoms with van der Waals surface area (Å²) in [5.74, 6) is 0. The van der Waals surface area contributed by atoms with Crippen LogP contribution in [-0.4, -0.2) is 5.11 Å². The standard InChI is InChI=1S/C10H7NO2/c11-5-9(12)8-6-13-10-4-2-1-3-7(8)10/h1-4,6,9,12H/t9-/m0/s1. The Balaban J connectivity index is 2.66. The summed E-state index contributed by atoms with van der Waals surface area (Å²) in [4.78, 5) is 0. The zero-order valence-corrected chi connectivity index (χ0v) is 6.77. The Bertz CT molecular complexity index is 467. The molecule has 0 radical (unpaired) electrons. The molecule has 0 unspecified atom stereocenters. The Morgan fingerprint density at radius 1 is 1.38 bits per heavy atom. The van der Waals surface area contributed by atoms with Crippen LogP contribution in [0.5, 0.6) is 0 Å². The fourth-order valence-electron chi connectivity index (χ4n) is 1.28. The smallest absolute Gasteiger partial charge is 0.169 e. The van der Waals surface area contributed by atoms with Crippen molar-refractivity contribution in [1.29, 1.82) is 5.26 Å². The molecule has 1 heterocycles. The fraction of sp³-hybridized carbons (Fsp3) is 0.100. The Morgan fingerprint density at radius 2 is 2.15 bits per heavy atom. The van der Waals surface area contributed by atoms with Gasteiger partial charge in [0.25, 0.3) is 0 Å². The SMILES string of the molecule is N#C[C@H](O)c1coc2ccccc12. The van der Waals surface area contributed by atoms with E-state index < -0.39 is 6.10 Å². The van der Waals surface area contributed by atoms with Gasteiger partial charge in [-0.3, -0.25) is 0 Å². The molecule has 1 atom stereocenters. The lowest BCUT2D eigenvalue weighted by Crippen LogP contribution is -1.90. The summed E-state index contributed by atoms with van der Waals surface area (Å²) in [6, 6.07) is 9.04. The van der Waals surface area contributed by atoms with Gasteiger partial charge in [0.05, 0.1) is 12.3 Å². The first kappa shape index (κ1) is 7.84. The lowest BCUT2D eigenvalue weighted by molar-refractivity contribution is 0.236. The molecular weight excluding hydrogens is 166 g/mol. The first-order chi connectivity index (χ1) is 6.33. The van der Waals surface area contributed by atoms with E-state index in [4.69, 9.17) is 9.68 Å². The Hall–Kier alpha value is -1.79. The number of para-hydroxylation sites is 1. The molecule has 1 aromatic carbocycles. The molecule has 64 valence electrons. The topological polar surface area (TPSA) is 57.2 Å². The van der Waals surface area contributed by atoms with Gasteiger partial charge < -0.3 is 9.52 Å². The maximum Gasteiger partial charge on any atom is 0.169 e. The van der Waals surface area contributed by atoms with Gasteiger partial charge in [-0.2, -0.15) is 5.26 Å². The monoisotopic (exact) mass is 173 g/mol. The largest absolute Gasteiger partial charge is 0.464 e. The molecule has 2 rings (SSSR count). The minimum absolute atomic E-state index is 0.526. The fourth-order valence-corrected chi connectivity index (χ4v) is 1.28. The highest BCUT2D eigenvalue weighted by molar-refractivity contribution is 5.81. The van der Waals surface area contributed by atoms with Gasteiger partial charge in [-0.1, -0.05) is 18.2 Å². The van der Waals surface area contributed by atoms with Crippen LogP contribution >= 0.6 is 0 Å². The number of nitrogens with zero attached hydrogens (tertiary/aromatic N) is 1. The van der Waals surface area contributed by atoms with E-state index in [-0.39, 0.29) is 0 Å². The number of hydrogen-bond donors (Lipinski definition) is 1. The molecule has 1 aromatic heterocycles. The summed E-state index contributed by atoms with van der Waals surface area (Å²) in [5, 5.41) is 18.6. The van der Waals surface area contributed by atoms with Crippen molar-refractivity contribution in [3.8, 4) is 6.07 Å². The molecule has 0 aliphatic heterocycles. The normalized spacial score (nSPS) is 12.6. The van der Waals surface area contributed by atoms with Crippen molar-refractivity contribution in [3.05, 3.63) is 36.1 Å². The van der Waals surface area contributed by atoms with E-state index >= 15 is 0 Å². The van der Waals surface area contributed by atoms with E-state index in [1.807, 2.05) is 18.2 Å². The molecule has 0 bridgehead atoms. The van der Waals surface area contributed by atoms with Crippen LogP contribution in [-0.2, 0) is 0 Å². The second-order valence-electron chi connectivity index (χ2n) is 2.72. The van der Waals surface area contributed by atoms with Crippen molar-refractivity contribution < 1.29 is 9.52 Å². The molecule has 1 N–H and O–H groups in total. The molecule has 0 aliphatic rings. The van der Waals surface area contributed by atoms with Gasteiger partial charge in [0.1, 0.15) is 5.58 Å². The van der Waals surface area contributed by atoms with E-state index in [1.54, 1.807) is 12.1 Å². The Labute approximate surface area is 74.8 Å². The zero-order valence-electron chi connectivity index (χ0n) is 6.77. The van der Waals surface area contributed by atoms with Crippen LogP contribution < -0.4 is 0 Å². The lowest BCUT2D eigenvalue weighted by atomic mass is 10.1. The second kappa shape index (κ2) is 2.92. The molecule has 0 amide bonds. The van der Waals surface area contributed by atoms with Gasteiger partial charge in [0.15, 0.2) is 6.10 Å². The first-order valence-corrected chi connectivity index (χ1v) is 3.87. The third-order valence-corrected chi connectivity index (χ3v) is 1.93. The van der Waals surface area contributed by atoms with E-state index in [0.29, 0.717) is 11.1 Å². The summed E-state index contributed by atoms with van der Waals surface area (Å²) in [6.45, 7) is 0. The van der Waals surface area contributed by atoms with Crippen molar-refractivity contribution in [2.45, 2.75) is 6.10 Å². The number of furan rings is 1. The van der Waals surface area contributed by atoms with E-state index in [1.165, 1.54) is 6.26 Å². The minimum Gasteiger partial charge on any atom is -0.464 e. The number of rotatable bonds is 1. The van der Waals surface area contributed by atoms with E-state index in [0.717, 1.165) is 5.39 Å². The average Bonchev–Trinajstić information content (AvgIpc) is 2.60. The van der Waals surface area contributed by atoms with Gasteiger partial charge in [-0.05, 0) is 6.07 Å². The minimum atomic E-state index is -1.11. The molecule has 0 aliphatic carbocycles. The van der Waals surface area contributed by atoms with Crippen LogP contribution in [0, 0.1) is 11.3 Å². The predicted octanol–water partition coefficient (Wildman–Crippen LogP) is 1.99. The highest BCUT2D eigenvalue weighted by atomic mass is 16.3. The Kier molecular flexibility index (Phi) is 1.76. The zero-order chi connectivity index (χ0) is 9.26. The number of aliphatic hydroxyl groups is 1. The van der Waals surface area contributed by atoms with Crippen LogP contribution in [0.25, 0.3) is 11.0 Å². The first-order valence-electron chi connectivity index (χ1n) is 3.87. The van der Waals surface area contributed by atoms with Gasteiger partial charge >= 0.3 is 0 Å². The lowest BCUT2D eigenvalue weighted by Gasteiger charge is -1.96. The Morgan fingerprint density at radius 3 is 2.92 bits per heavy atom. The van der Waals surface area contributed by atoms with Gasteiger partial charge in [0.2, 0.25) is 0 Å². The molecule has 0 spiro atoms. The quantitative estimate of drug-likeness (QED) is 0.671. The highest BCUT2D eigenvalue weighted by Crippen LogP contribution is 2.25. The van der Waals surface area contributed by atoms with E-state index in [2.05, 4.69) is 0 Å². The van der Waals surface area contributed by atoms with Crippen molar-refractivity contribution in [1.82, 2.24) is 0 Å². The number of nitriles is 1. The summed E-state index contributed by atoms with van der Waals surface area (Å²) < 4.78 is 5.16. The maximum atomic E-state index is 9.30. The van der Waals surface area contributed by atoms with Crippen LogP contribution in [0.15, 0.2) is 34.9 Å². The van der Waals surface area contributed by atoms with Crippen molar-refractivity contribution in [2.24, 2.45) is 0 Å². The van der Waals surface area contributed by atoms with Crippen molar-refractivity contribution in [3.63, 3.8) is 0 Å². The summed E-state index contributed by atoms with van der Waals surface area (Å²) in [7, 11) is 0. The van der Waals surface area contributed by atoms with Crippen LogP contribution in [0.4, 0.5) is 0 Å². The third-order valence-electron chi connectivity index (χ3n) is 1.93. The predicted molar refractivity (Wildman–Crippen MR) is 46.8 cm³/mol. The summed E-state index contributed by atoms with van der Waals surface area (Å²) in [5.41, 5.74) is 1.21.